The van der Waals surface area contributed by atoms with Crippen molar-refractivity contribution < 1.29 is 9.59 Å². The minimum absolute atomic E-state index is 0.0552. The molecule has 2 N–H and O–H groups in total. The minimum atomic E-state index is -0.333. The van der Waals surface area contributed by atoms with Crippen LogP contribution in [0.1, 0.15) is 27.5 Å². The van der Waals surface area contributed by atoms with Crippen LogP contribution in [0.15, 0.2) is 79.0 Å². The van der Waals surface area contributed by atoms with E-state index in [2.05, 4.69) is 10.3 Å². The third kappa shape index (κ3) is 3.13. The summed E-state index contributed by atoms with van der Waals surface area (Å²) in [6.45, 7) is -0.0552. The molecule has 0 aliphatic carbocycles. The number of amides is 2. The lowest BCUT2D eigenvalue weighted by atomic mass is 9.97. The zero-order valence-corrected chi connectivity index (χ0v) is 16.7. The molecule has 30 heavy (non-hydrogen) atoms. The zero-order chi connectivity index (χ0) is 20.7. The van der Waals surface area contributed by atoms with Crippen molar-refractivity contribution in [1.82, 2.24) is 9.88 Å². The quantitative estimate of drug-likeness (QED) is 0.492. The van der Waals surface area contributed by atoms with Gasteiger partial charge in [0, 0.05) is 38.9 Å². The summed E-state index contributed by atoms with van der Waals surface area (Å²) in [7, 11) is 0. The number of hydrogen-bond donors (Lipinski definition) is 2. The first-order valence-corrected chi connectivity index (χ1v) is 10.0. The maximum absolute atomic E-state index is 13.2. The number of nitrogens with one attached hydrogen (secondary N) is 2. The summed E-state index contributed by atoms with van der Waals surface area (Å²) in [6, 6.07) is 22.1. The van der Waals surface area contributed by atoms with Crippen LogP contribution in [0.3, 0.4) is 0 Å². The molecule has 1 aliphatic rings. The van der Waals surface area contributed by atoms with Gasteiger partial charge in [-0.1, -0.05) is 48.0 Å². The molecule has 5 rings (SSSR count). The second-order valence-electron chi connectivity index (χ2n) is 7.27. The molecular weight excluding hydrogens is 398 g/mol. The molecule has 0 saturated carbocycles. The maximum Gasteiger partial charge on any atom is 0.255 e. The maximum atomic E-state index is 13.2. The van der Waals surface area contributed by atoms with Crippen molar-refractivity contribution in [3.05, 3.63) is 101 Å². The van der Waals surface area contributed by atoms with E-state index in [-0.39, 0.29) is 24.4 Å². The lowest BCUT2D eigenvalue weighted by molar-refractivity contribution is -0.117. The van der Waals surface area contributed by atoms with Gasteiger partial charge in [0.05, 0.1) is 6.04 Å². The number of aromatic amines is 1. The Morgan fingerprint density at radius 2 is 1.70 bits per heavy atom. The fourth-order valence-electron chi connectivity index (χ4n) is 4.08. The van der Waals surface area contributed by atoms with Gasteiger partial charge in [-0.2, -0.15) is 0 Å². The Bertz CT molecular complexity index is 1260. The van der Waals surface area contributed by atoms with Crippen LogP contribution in [0.4, 0.5) is 5.69 Å². The smallest absolute Gasteiger partial charge is 0.255 e. The van der Waals surface area contributed by atoms with Crippen LogP contribution < -0.4 is 5.32 Å². The molecule has 6 heteroatoms. The summed E-state index contributed by atoms with van der Waals surface area (Å²) in [5, 5.41) is 4.48. The topological polar surface area (TPSA) is 65.2 Å². The van der Waals surface area contributed by atoms with E-state index < -0.39 is 0 Å². The molecule has 1 unspecified atom stereocenters. The van der Waals surface area contributed by atoms with Gasteiger partial charge in [-0.15, -0.1) is 0 Å². The number of carbonyl (C=O) groups excluding carboxylic acids is 2. The summed E-state index contributed by atoms with van der Waals surface area (Å²) >= 11 is 5.91. The van der Waals surface area contributed by atoms with Crippen molar-refractivity contribution in [1.29, 1.82) is 0 Å². The van der Waals surface area contributed by atoms with E-state index >= 15 is 0 Å². The third-order valence-electron chi connectivity index (χ3n) is 5.42. The van der Waals surface area contributed by atoms with Crippen molar-refractivity contribution in [3.8, 4) is 0 Å². The average molecular weight is 416 g/mol. The molecule has 4 aromatic rings. The molecule has 2 amide bonds. The number of halogens is 1. The first kappa shape index (κ1) is 18.5. The summed E-state index contributed by atoms with van der Waals surface area (Å²) in [4.78, 5) is 30.9. The van der Waals surface area contributed by atoms with Gasteiger partial charge in [0.1, 0.15) is 6.54 Å². The van der Waals surface area contributed by atoms with Gasteiger partial charge >= 0.3 is 0 Å². The molecule has 1 atom stereocenters. The van der Waals surface area contributed by atoms with Gasteiger partial charge in [0.25, 0.3) is 5.91 Å². The van der Waals surface area contributed by atoms with Crippen molar-refractivity contribution in [3.63, 3.8) is 0 Å². The number of nitrogens with zero attached hydrogens (tertiary/aromatic N) is 1. The number of aromatic nitrogens is 1. The van der Waals surface area contributed by atoms with Crippen molar-refractivity contribution in [2.24, 2.45) is 0 Å². The molecule has 1 aromatic heterocycles. The number of H-pyrrole nitrogens is 1. The molecule has 0 fully saturated rings. The van der Waals surface area contributed by atoms with Gasteiger partial charge in [-0.3, -0.25) is 9.59 Å². The van der Waals surface area contributed by atoms with Crippen LogP contribution in [-0.2, 0) is 4.79 Å². The molecule has 0 radical (unpaired) electrons. The Kier molecular flexibility index (Phi) is 4.52. The molecule has 0 spiro atoms. The second kappa shape index (κ2) is 7.35. The predicted molar refractivity (Wildman–Crippen MR) is 118 cm³/mol. The number of para-hydroxylation sites is 1. The normalized spacial score (nSPS) is 15.4. The highest BCUT2D eigenvalue weighted by atomic mass is 35.5. The second-order valence-corrected chi connectivity index (χ2v) is 7.70. The molecular formula is C24H18ClN3O2. The van der Waals surface area contributed by atoms with Crippen molar-refractivity contribution in [2.75, 3.05) is 11.9 Å². The first-order chi connectivity index (χ1) is 14.6. The van der Waals surface area contributed by atoms with Crippen LogP contribution in [0.2, 0.25) is 5.02 Å². The number of hydrogen-bond acceptors (Lipinski definition) is 2. The van der Waals surface area contributed by atoms with Crippen molar-refractivity contribution in [2.45, 2.75) is 6.04 Å². The monoisotopic (exact) mass is 415 g/mol. The number of anilines is 1. The molecule has 2 heterocycles. The van der Waals surface area contributed by atoms with E-state index in [1.54, 1.807) is 29.2 Å². The van der Waals surface area contributed by atoms with Gasteiger partial charge in [0.2, 0.25) is 5.91 Å². The van der Waals surface area contributed by atoms with E-state index in [0.717, 1.165) is 22.0 Å². The highest BCUT2D eigenvalue weighted by molar-refractivity contribution is 6.30. The van der Waals surface area contributed by atoms with Crippen LogP contribution in [0.5, 0.6) is 0 Å². The summed E-state index contributed by atoms with van der Waals surface area (Å²) < 4.78 is 0. The molecule has 5 nitrogen and oxygen atoms in total. The van der Waals surface area contributed by atoms with E-state index in [0.29, 0.717) is 16.3 Å². The standard InChI is InChI=1S/C24H18ClN3O2/c25-15-9-11-16(12-10-15)27-22(29)14-28-23(18-6-1-2-7-19(18)24(28)30)20-13-26-21-8-4-3-5-17(20)21/h1-13,23,26H,14H2,(H,27,29). The Balaban J connectivity index is 1.50. The van der Waals surface area contributed by atoms with Crippen molar-refractivity contribution >= 4 is 40.0 Å². The SMILES string of the molecule is O=C(CN1C(=O)c2ccccc2C1c1c[nH]c2ccccc12)Nc1ccc(Cl)cc1. The number of carbonyl (C=O) groups is 2. The zero-order valence-electron chi connectivity index (χ0n) is 15.9. The molecule has 0 bridgehead atoms. The fourth-order valence-corrected chi connectivity index (χ4v) is 4.20. The van der Waals surface area contributed by atoms with E-state index in [1.807, 2.05) is 54.7 Å². The first-order valence-electron chi connectivity index (χ1n) is 9.63. The fraction of sp³-hybridized carbons (Fsp3) is 0.0833. The number of fused-ring (bicyclic) bond motifs is 2. The number of benzene rings is 3. The van der Waals surface area contributed by atoms with Crippen LogP contribution in [0, 0.1) is 0 Å². The molecule has 148 valence electrons. The minimum Gasteiger partial charge on any atom is -0.361 e. The lowest BCUT2D eigenvalue weighted by Crippen LogP contribution is -2.36. The predicted octanol–water partition coefficient (Wildman–Crippen LogP) is 5.01. The van der Waals surface area contributed by atoms with Crippen LogP contribution in [-0.4, -0.2) is 28.2 Å². The van der Waals surface area contributed by atoms with E-state index in [4.69, 9.17) is 11.6 Å². The van der Waals surface area contributed by atoms with E-state index in [9.17, 15) is 9.59 Å². The Morgan fingerprint density at radius 3 is 2.53 bits per heavy atom. The Hall–Kier alpha value is -3.57. The Morgan fingerprint density at radius 1 is 0.967 bits per heavy atom. The largest absolute Gasteiger partial charge is 0.361 e. The highest BCUT2D eigenvalue weighted by Gasteiger charge is 2.39. The van der Waals surface area contributed by atoms with Crippen LogP contribution >= 0.6 is 11.6 Å². The van der Waals surface area contributed by atoms with Gasteiger partial charge < -0.3 is 15.2 Å². The summed E-state index contributed by atoms with van der Waals surface area (Å²) in [5.41, 5.74) is 4.15. The Labute approximate surface area is 178 Å². The average Bonchev–Trinajstić information content (AvgIpc) is 3.29. The molecule has 1 aliphatic heterocycles. The van der Waals surface area contributed by atoms with E-state index in [1.165, 1.54) is 0 Å². The lowest BCUT2D eigenvalue weighted by Gasteiger charge is -2.25. The van der Waals surface area contributed by atoms with Gasteiger partial charge in [-0.25, -0.2) is 0 Å². The third-order valence-corrected chi connectivity index (χ3v) is 5.67. The molecule has 0 saturated heterocycles. The molecule has 3 aromatic carbocycles. The summed E-state index contributed by atoms with van der Waals surface area (Å²) in [6.07, 6.45) is 1.93. The van der Waals surface area contributed by atoms with Gasteiger partial charge in [0.15, 0.2) is 0 Å². The van der Waals surface area contributed by atoms with Crippen LogP contribution in [0.25, 0.3) is 10.9 Å². The summed E-state index contributed by atoms with van der Waals surface area (Å²) in [5.74, 6) is -0.407. The van der Waals surface area contributed by atoms with Gasteiger partial charge in [-0.05, 0) is 42.0 Å². The highest BCUT2D eigenvalue weighted by Crippen LogP contribution is 2.40. The number of rotatable bonds is 4.